The molecular weight excluding hydrogens is 265 g/mol. The van der Waals surface area contributed by atoms with Crippen molar-refractivity contribution in [3.8, 4) is 0 Å². The van der Waals surface area contributed by atoms with Crippen LogP contribution in [0.4, 0.5) is 4.39 Å². The maximum atomic E-state index is 14.1. The second-order valence-electron chi connectivity index (χ2n) is 5.05. The van der Waals surface area contributed by atoms with Crippen LogP contribution in [0.1, 0.15) is 37.8 Å². The molecule has 106 valence electrons. The number of benzene rings is 1. The van der Waals surface area contributed by atoms with Crippen LogP contribution in [0.3, 0.4) is 0 Å². The van der Waals surface area contributed by atoms with Gasteiger partial charge in [0, 0.05) is 29.8 Å². The number of rotatable bonds is 5. The number of ether oxygens (including phenoxy) is 1. The molecule has 1 atom stereocenters. The minimum atomic E-state index is -0.176. The Kier molecular flexibility index (Phi) is 5.61. The van der Waals surface area contributed by atoms with E-state index >= 15 is 0 Å². The van der Waals surface area contributed by atoms with E-state index < -0.39 is 0 Å². The molecule has 1 aromatic rings. The van der Waals surface area contributed by atoms with E-state index in [1.807, 2.05) is 0 Å². The summed E-state index contributed by atoms with van der Waals surface area (Å²) in [6, 6.07) is 4.83. The Morgan fingerprint density at radius 1 is 1.42 bits per heavy atom. The molecule has 1 aliphatic heterocycles. The highest BCUT2D eigenvalue weighted by atomic mass is 35.5. The fourth-order valence-electron chi connectivity index (χ4n) is 2.63. The molecule has 1 aliphatic rings. The van der Waals surface area contributed by atoms with Crippen LogP contribution in [-0.4, -0.2) is 19.8 Å². The molecule has 0 amide bonds. The van der Waals surface area contributed by atoms with E-state index in [1.165, 1.54) is 6.07 Å². The summed E-state index contributed by atoms with van der Waals surface area (Å²) in [6.45, 7) is 4.52. The largest absolute Gasteiger partial charge is 0.381 e. The van der Waals surface area contributed by atoms with Crippen LogP contribution in [0.25, 0.3) is 0 Å². The van der Waals surface area contributed by atoms with E-state index in [-0.39, 0.29) is 11.9 Å². The third-order valence-corrected chi connectivity index (χ3v) is 3.88. The Hall–Kier alpha value is -0.640. The highest BCUT2D eigenvalue weighted by molar-refractivity contribution is 6.30. The summed E-state index contributed by atoms with van der Waals surface area (Å²) in [4.78, 5) is 0. The summed E-state index contributed by atoms with van der Waals surface area (Å²) in [5, 5.41) is 4.06. The summed E-state index contributed by atoms with van der Waals surface area (Å²) >= 11 is 6.01. The standard InChI is InChI=1S/C15H21ClFNO/c1-2-7-18-15(11-5-8-19-9-6-11)13-10-12(16)3-4-14(13)17/h3-4,10-11,15,18H,2,5-9H2,1H3. The van der Waals surface area contributed by atoms with Gasteiger partial charge in [0.1, 0.15) is 5.82 Å². The van der Waals surface area contributed by atoms with Crippen molar-refractivity contribution in [2.24, 2.45) is 5.92 Å². The lowest BCUT2D eigenvalue weighted by Crippen LogP contribution is -2.33. The second-order valence-corrected chi connectivity index (χ2v) is 5.48. The van der Waals surface area contributed by atoms with Crippen molar-refractivity contribution < 1.29 is 9.13 Å². The van der Waals surface area contributed by atoms with Crippen LogP contribution >= 0.6 is 11.6 Å². The third-order valence-electron chi connectivity index (χ3n) is 3.64. The van der Waals surface area contributed by atoms with E-state index in [2.05, 4.69) is 12.2 Å². The van der Waals surface area contributed by atoms with Crippen LogP contribution < -0.4 is 5.32 Å². The average molecular weight is 286 g/mol. The Morgan fingerprint density at radius 3 is 2.84 bits per heavy atom. The SMILES string of the molecule is CCCNC(c1cc(Cl)ccc1F)C1CCOCC1. The minimum Gasteiger partial charge on any atom is -0.381 e. The van der Waals surface area contributed by atoms with Gasteiger partial charge in [-0.25, -0.2) is 4.39 Å². The molecule has 1 heterocycles. The Labute approximate surface area is 119 Å². The minimum absolute atomic E-state index is 0.0301. The maximum absolute atomic E-state index is 14.1. The zero-order chi connectivity index (χ0) is 13.7. The lowest BCUT2D eigenvalue weighted by atomic mass is 9.86. The first-order chi connectivity index (χ1) is 9.22. The molecule has 2 nitrogen and oxygen atoms in total. The molecule has 1 saturated heterocycles. The number of nitrogens with one attached hydrogen (secondary N) is 1. The van der Waals surface area contributed by atoms with E-state index in [1.54, 1.807) is 12.1 Å². The monoisotopic (exact) mass is 285 g/mol. The maximum Gasteiger partial charge on any atom is 0.128 e. The first kappa shape index (κ1) is 14.8. The fraction of sp³-hybridized carbons (Fsp3) is 0.600. The summed E-state index contributed by atoms with van der Waals surface area (Å²) in [6.07, 6.45) is 2.96. The molecule has 1 unspecified atom stereocenters. The first-order valence-corrected chi connectivity index (χ1v) is 7.36. The lowest BCUT2D eigenvalue weighted by molar-refractivity contribution is 0.0531. The van der Waals surface area contributed by atoms with Crippen molar-refractivity contribution in [1.82, 2.24) is 5.32 Å². The molecule has 0 bridgehead atoms. The number of hydrogen-bond acceptors (Lipinski definition) is 2. The van der Waals surface area contributed by atoms with Gasteiger partial charge in [0.15, 0.2) is 0 Å². The molecule has 0 saturated carbocycles. The van der Waals surface area contributed by atoms with Crippen molar-refractivity contribution in [2.45, 2.75) is 32.2 Å². The zero-order valence-corrected chi connectivity index (χ0v) is 12.0. The van der Waals surface area contributed by atoms with Gasteiger partial charge < -0.3 is 10.1 Å². The van der Waals surface area contributed by atoms with Crippen LogP contribution in [0.15, 0.2) is 18.2 Å². The van der Waals surface area contributed by atoms with Gasteiger partial charge in [-0.1, -0.05) is 18.5 Å². The lowest BCUT2D eigenvalue weighted by Gasteiger charge is -2.31. The van der Waals surface area contributed by atoms with Crippen LogP contribution in [0.2, 0.25) is 5.02 Å². The number of hydrogen-bond donors (Lipinski definition) is 1. The van der Waals surface area contributed by atoms with E-state index in [9.17, 15) is 4.39 Å². The molecule has 0 radical (unpaired) electrons. The van der Waals surface area contributed by atoms with E-state index in [4.69, 9.17) is 16.3 Å². The average Bonchev–Trinajstić information content (AvgIpc) is 2.44. The number of halogens is 2. The summed E-state index contributed by atoms with van der Waals surface area (Å²) in [7, 11) is 0. The van der Waals surface area contributed by atoms with Crippen molar-refractivity contribution in [3.63, 3.8) is 0 Å². The molecule has 4 heteroatoms. The molecule has 1 aromatic carbocycles. The molecular formula is C15H21ClFNO. The summed E-state index contributed by atoms with van der Waals surface area (Å²) < 4.78 is 19.5. The molecule has 0 aromatic heterocycles. The summed E-state index contributed by atoms with van der Waals surface area (Å²) in [5.74, 6) is 0.234. The van der Waals surface area contributed by atoms with Gasteiger partial charge in [0.2, 0.25) is 0 Å². The third kappa shape index (κ3) is 3.91. The van der Waals surface area contributed by atoms with Gasteiger partial charge in [-0.2, -0.15) is 0 Å². The van der Waals surface area contributed by atoms with E-state index in [0.717, 1.165) is 39.0 Å². The van der Waals surface area contributed by atoms with Crippen LogP contribution in [0.5, 0.6) is 0 Å². The zero-order valence-electron chi connectivity index (χ0n) is 11.3. The Bertz CT molecular complexity index is 407. The smallest absolute Gasteiger partial charge is 0.128 e. The molecule has 1 N–H and O–H groups in total. The molecule has 19 heavy (non-hydrogen) atoms. The van der Waals surface area contributed by atoms with Gasteiger partial charge in [-0.15, -0.1) is 0 Å². The van der Waals surface area contributed by atoms with Gasteiger partial charge in [0.25, 0.3) is 0 Å². The van der Waals surface area contributed by atoms with E-state index in [0.29, 0.717) is 16.5 Å². The predicted molar refractivity (Wildman–Crippen MR) is 76.0 cm³/mol. The molecule has 2 rings (SSSR count). The van der Waals surface area contributed by atoms with Gasteiger partial charge in [-0.05, 0) is 49.9 Å². The van der Waals surface area contributed by atoms with Gasteiger partial charge >= 0.3 is 0 Å². The van der Waals surface area contributed by atoms with Crippen LogP contribution in [-0.2, 0) is 4.74 Å². The first-order valence-electron chi connectivity index (χ1n) is 6.98. The molecule has 0 aliphatic carbocycles. The predicted octanol–water partition coefficient (Wildman–Crippen LogP) is 3.95. The Morgan fingerprint density at radius 2 is 2.16 bits per heavy atom. The quantitative estimate of drug-likeness (QED) is 0.884. The highest BCUT2D eigenvalue weighted by Gasteiger charge is 2.27. The second kappa shape index (κ2) is 7.22. The van der Waals surface area contributed by atoms with Crippen molar-refractivity contribution in [2.75, 3.05) is 19.8 Å². The summed E-state index contributed by atoms with van der Waals surface area (Å²) in [5.41, 5.74) is 0.688. The van der Waals surface area contributed by atoms with Gasteiger partial charge in [-0.3, -0.25) is 0 Å². The highest BCUT2D eigenvalue weighted by Crippen LogP contribution is 2.32. The molecule has 0 spiro atoms. The normalized spacial score (nSPS) is 18.5. The van der Waals surface area contributed by atoms with Crippen molar-refractivity contribution in [1.29, 1.82) is 0 Å². The van der Waals surface area contributed by atoms with Crippen LogP contribution in [0, 0.1) is 11.7 Å². The van der Waals surface area contributed by atoms with Crippen molar-refractivity contribution in [3.05, 3.63) is 34.6 Å². The van der Waals surface area contributed by atoms with Gasteiger partial charge in [0.05, 0.1) is 0 Å². The van der Waals surface area contributed by atoms with Crippen molar-refractivity contribution >= 4 is 11.6 Å². The molecule has 1 fully saturated rings. The fourth-order valence-corrected chi connectivity index (χ4v) is 2.81. The topological polar surface area (TPSA) is 21.3 Å². The Balaban J connectivity index is 2.22.